The van der Waals surface area contributed by atoms with Crippen molar-refractivity contribution in [3.63, 3.8) is 0 Å². The zero-order chi connectivity index (χ0) is 13.2. The second-order valence-corrected chi connectivity index (χ2v) is 4.03. The normalized spacial score (nSPS) is 13.1. The molecular formula is C12H12N4O3. The van der Waals surface area contributed by atoms with E-state index in [0.29, 0.717) is 30.3 Å². The molecule has 0 aliphatic carbocycles. The van der Waals surface area contributed by atoms with Gasteiger partial charge in [-0.05, 0) is 12.1 Å². The Morgan fingerprint density at radius 1 is 1.37 bits per heavy atom. The van der Waals surface area contributed by atoms with Gasteiger partial charge in [0.15, 0.2) is 11.5 Å². The molecule has 19 heavy (non-hydrogen) atoms. The third-order valence-electron chi connectivity index (χ3n) is 2.64. The number of amides is 1. The van der Waals surface area contributed by atoms with Crippen molar-refractivity contribution in [3.8, 4) is 11.5 Å². The Morgan fingerprint density at radius 3 is 3.00 bits per heavy atom. The fraction of sp³-hybridized carbons (Fsp3) is 0.250. The van der Waals surface area contributed by atoms with Crippen molar-refractivity contribution in [1.29, 1.82) is 0 Å². The number of aromatic nitrogens is 3. The predicted molar refractivity (Wildman–Crippen MR) is 66.4 cm³/mol. The Morgan fingerprint density at radius 2 is 2.21 bits per heavy atom. The van der Waals surface area contributed by atoms with Crippen molar-refractivity contribution in [2.75, 3.05) is 18.5 Å². The number of ether oxygens (including phenoxy) is 2. The Balaban J connectivity index is 1.87. The van der Waals surface area contributed by atoms with Crippen LogP contribution >= 0.6 is 0 Å². The first-order valence-electron chi connectivity index (χ1n) is 5.79. The Kier molecular flexibility index (Phi) is 2.79. The van der Waals surface area contributed by atoms with Crippen LogP contribution in [-0.2, 0) is 7.05 Å². The third kappa shape index (κ3) is 2.22. The van der Waals surface area contributed by atoms with Gasteiger partial charge in [-0.1, -0.05) is 6.07 Å². The number of nitrogens with one attached hydrogen (secondary N) is 1. The predicted octanol–water partition coefficient (Wildman–Crippen LogP) is 0.839. The number of para-hydroxylation sites is 1. The quantitative estimate of drug-likeness (QED) is 0.865. The smallest absolute Gasteiger partial charge is 0.261 e. The van der Waals surface area contributed by atoms with E-state index in [1.165, 1.54) is 11.0 Å². The van der Waals surface area contributed by atoms with E-state index in [0.717, 1.165) is 0 Å². The van der Waals surface area contributed by atoms with Crippen LogP contribution in [0.1, 0.15) is 10.4 Å². The van der Waals surface area contributed by atoms with Gasteiger partial charge in [-0.25, -0.2) is 4.98 Å². The van der Waals surface area contributed by atoms with E-state index >= 15 is 0 Å². The Bertz CT molecular complexity index is 623. The van der Waals surface area contributed by atoms with Gasteiger partial charge in [0, 0.05) is 7.05 Å². The molecule has 1 amide bonds. The van der Waals surface area contributed by atoms with Crippen molar-refractivity contribution >= 4 is 11.9 Å². The molecule has 98 valence electrons. The van der Waals surface area contributed by atoms with Crippen LogP contribution in [0.5, 0.6) is 11.5 Å². The van der Waals surface area contributed by atoms with E-state index in [1.807, 2.05) is 0 Å². The van der Waals surface area contributed by atoms with Crippen LogP contribution in [0.4, 0.5) is 5.95 Å². The number of carbonyl (C=O) groups is 1. The minimum absolute atomic E-state index is 0.252. The van der Waals surface area contributed by atoms with Crippen LogP contribution in [-0.4, -0.2) is 33.9 Å². The highest BCUT2D eigenvalue weighted by atomic mass is 16.6. The molecule has 0 spiro atoms. The lowest BCUT2D eigenvalue weighted by Gasteiger charge is -2.20. The number of fused-ring (bicyclic) bond motifs is 1. The number of hydrogen-bond donors (Lipinski definition) is 1. The van der Waals surface area contributed by atoms with Crippen LogP contribution in [0.25, 0.3) is 0 Å². The molecule has 7 nitrogen and oxygen atoms in total. The first-order chi connectivity index (χ1) is 9.24. The summed E-state index contributed by atoms with van der Waals surface area (Å²) in [5.41, 5.74) is 0.407. The summed E-state index contributed by atoms with van der Waals surface area (Å²) in [5, 5.41) is 6.60. The SMILES string of the molecule is Cn1cnc(NC(=O)c2cccc3c2OCCO3)n1. The molecule has 1 aliphatic rings. The van der Waals surface area contributed by atoms with Gasteiger partial charge >= 0.3 is 0 Å². The van der Waals surface area contributed by atoms with Crippen molar-refractivity contribution in [1.82, 2.24) is 14.8 Å². The number of aryl methyl sites for hydroxylation is 1. The minimum atomic E-state index is -0.325. The standard InChI is InChI=1S/C12H12N4O3/c1-16-7-13-12(15-16)14-11(17)8-3-2-4-9-10(8)19-6-5-18-9/h2-4,7H,5-6H2,1H3,(H,14,15,17). The van der Waals surface area contributed by atoms with Gasteiger partial charge in [-0.15, -0.1) is 5.10 Å². The maximum Gasteiger partial charge on any atom is 0.261 e. The van der Waals surface area contributed by atoms with Gasteiger partial charge in [0.1, 0.15) is 19.5 Å². The van der Waals surface area contributed by atoms with E-state index in [2.05, 4.69) is 15.4 Å². The van der Waals surface area contributed by atoms with E-state index < -0.39 is 0 Å². The van der Waals surface area contributed by atoms with Gasteiger partial charge in [0.2, 0.25) is 5.95 Å². The van der Waals surface area contributed by atoms with Crippen molar-refractivity contribution in [3.05, 3.63) is 30.1 Å². The van der Waals surface area contributed by atoms with Crippen LogP contribution in [0.15, 0.2) is 24.5 Å². The lowest BCUT2D eigenvalue weighted by atomic mass is 10.1. The highest BCUT2D eigenvalue weighted by Gasteiger charge is 2.20. The number of carbonyl (C=O) groups excluding carboxylic acids is 1. The molecule has 2 heterocycles. The van der Waals surface area contributed by atoms with E-state index in [4.69, 9.17) is 9.47 Å². The lowest BCUT2D eigenvalue weighted by Crippen LogP contribution is -2.20. The summed E-state index contributed by atoms with van der Waals surface area (Å²) < 4.78 is 12.4. The third-order valence-corrected chi connectivity index (χ3v) is 2.64. The molecule has 1 aliphatic heterocycles. The molecule has 2 aromatic rings. The first-order valence-corrected chi connectivity index (χ1v) is 5.79. The molecule has 0 unspecified atom stereocenters. The number of rotatable bonds is 2. The summed E-state index contributed by atoms with van der Waals surface area (Å²) in [6, 6.07) is 5.18. The van der Waals surface area contributed by atoms with Crippen LogP contribution in [0.2, 0.25) is 0 Å². The van der Waals surface area contributed by atoms with Gasteiger partial charge in [-0.3, -0.25) is 14.8 Å². The summed E-state index contributed by atoms with van der Waals surface area (Å²) in [6.45, 7) is 0.916. The molecule has 1 N–H and O–H groups in total. The van der Waals surface area contributed by atoms with Gasteiger partial charge in [0.25, 0.3) is 5.91 Å². The fourth-order valence-corrected chi connectivity index (χ4v) is 1.82. The largest absolute Gasteiger partial charge is 0.486 e. The zero-order valence-electron chi connectivity index (χ0n) is 10.3. The molecule has 1 aromatic carbocycles. The molecule has 0 bridgehead atoms. The lowest BCUT2D eigenvalue weighted by molar-refractivity contribution is 0.101. The molecular weight excluding hydrogens is 248 g/mol. The minimum Gasteiger partial charge on any atom is -0.486 e. The Hall–Kier alpha value is -2.57. The first kappa shape index (κ1) is 11.5. The zero-order valence-corrected chi connectivity index (χ0v) is 10.3. The van der Waals surface area contributed by atoms with E-state index in [-0.39, 0.29) is 11.9 Å². The van der Waals surface area contributed by atoms with Crippen LogP contribution in [0.3, 0.4) is 0 Å². The second kappa shape index (κ2) is 4.60. The van der Waals surface area contributed by atoms with Gasteiger partial charge in [0.05, 0.1) is 5.56 Å². The molecule has 3 rings (SSSR count). The molecule has 0 saturated heterocycles. The van der Waals surface area contributed by atoms with Gasteiger partial charge in [-0.2, -0.15) is 0 Å². The van der Waals surface area contributed by atoms with Crippen molar-refractivity contribution < 1.29 is 14.3 Å². The monoisotopic (exact) mass is 260 g/mol. The van der Waals surface area contributed by atoms with Crippen molar-refractivity contribution in [2.24, 2.45) is 7.05 Å². The average Bonchev–Trinajstić information content (AvgIpc) is 2.83. The summed E-state index contributed by atoms with van der Waals surface area (Å²) in [6.07, 6.45) is 1.51. The van der Waals surface area contributed by atoms with Crippen molar-refractivity contribution in [2.45, 2.75) is 0 Å². The van der Waals surface area contributed by atoms with Crippen LogP contribution in [0, 0.1) is 0 Å². The molecule has 1 aromatic heterocycles. The summed E-state index contributed by atoms with van der Waals surface area (Å²) >= 11 is 0. The van der Waals surface area contributed by atoms with E-state index in [9.17, 15) is 4.79 Å². The highest BCUT2D eigenvalue weighted by Crippen LogP contribution is 2.33. The number of hydrogen-bond acceptors (Lipinski definition) is 5. The van der Waals surface area contributed by atoms with E-state index in [1.54, 1.807) is 25.2 Å². The average molecular weight is 260 g/mol. The second-order valence-electron chi connectivity index (χ2n) is 4.03. The summed E-state index contributed by atoms with van der Waals surface area (Å²) in [5.74, 6) is 0.963. The topological polar surface area (TPSA) is 78.3 Å². The molecule has 0 atom stereocenters. The summed E-state index contributed by atoms with van der Waals surface area (Å²) in [4.78, 5) is 16.1. The highest BCUT2D eigenvalue weighted by molar-refractivity contribution is 6.05. The number of nitrogens with zero attached hydrogens (tertiary/aromatic N) is 3. The summed E-state index contributed by atoms with van der Waals surface area (Å²) in [7, 11) is 1.73. The molecule has 0 fully saturated rings. The van der Waals surface area contributed by atoms with Gasteiger partial charge < -0.3 is 9.47 Å². The molecule has 0 radical (unpaired) electrons. The van der Waals surface area contributed by atoms with Crippen LogP contribution < -0.4 is 14.8 Å². The maximum atomic E-state index is 12.2. The Labute approximate surface area is 109 Å². The molecule has 7 heteroatoms. The number of anilines is 1. The fourth-order valence-electron chi connectivity index (χ4n) is 1.82. The maximum absolute atomic E-state index is 12.2. The molecule has 0 saturated carbocycles. The number of benzene rings is 1.